The lowest BCUT2D eigenvalue weighted by molar-refractivity contribution is 0.242. The molecule has 0 bridgehead atoms. The first-order valence-electron chi connectivity index (χ1n) is 4.02. The Morgan fingerprint density at radius 2 is 2.00 bits per heavy atom. The lowest BCUT2D eigenvalue weighted by Gasteiger charge is -2.10. The van der Waals surface area contributed by atoms with Crippen molar-refractivity contribution in [1.29, 1.82) is 0 Å². The SMILES string of the molecule is Cc1cc(OC(C)C)ccc1Br. The summed E-state index contributed by atoms with van der Waals surface area (Å²) < 4.78 is 6.65. The molecule has 1 aromatic rings. The molecular weight excluding hydrogens is 216 g/mol. The minimum Gasteiger partial charge on any atom is -0.491 e. The predicted octanol–water partition coefficient (Wildman–Crippen LogP) is 3.54. The van der Waals surface area contributed by atoms with Crippen molar-refractivity contribution in [2.75, 3.05) is 0 Å². The summed E-state index contributed by atoms with van der Waals surface area (Å²) >= 11 is 3.44. The monoisotopic (exact) mass is 228 g/mol. The van der Waals surface area contributed by atoms with Gasteiger partial charge < -0.3 is 4.74 Å². The first-order chi connectivity index (χ1) is 5.59. The summed E-state index contributed by atoms with van der Waals surface area (Å²) in [6.45, 7) is 6.10. The summed E-state index contributed by atoms with van der Waals surface area (Å²) in [5, 5.41) is 0. The van der Waals surface area contributed by atoms with Crippen LogP contribution < -0.4 is 4.74 Å². The van der Waals surface area contributed by atoms with Crippen molar-refractivity contribution in [3.8, 4) is 5.75 Å². The number of benzene rings is 1. The Balaban J connectivity index is 2.82. The molecule has 0 radical (unpaired) electrons. The molecule has 0 spiro atoms. The zero-order valence-corrected chi connectivity index (χ0v) is 9.18. The van der Waals surface area contributed by atoms with Gasteiger partial charge in [-0.1, -0.05) is 15.9 Å². The van der Waals surface area contributed by atoms with Gasteiger partial charge in [-0.15, -0.1) is 0 Å². The van der Waals surface area contributed by atoms with Crippen LogP contribution in [0.5, 0.6) is 5.75 Å². The Hall–Kier alpha value is -0.500. The van der Waals surface area contributed by atoms with E-state index in [0.717, 1.165) is 10.2 Å². The fraction of sp³-hybridized carbons (Fsp3) is 0.400. The molecule has 0 aromatic heterocycles. The largest absolute Gasteiger partial charge is 0.491 e. The van der Waals surface area contributed by atoms with Gasteiger partial charge in [0.1, 0.15) is 5.75 Å². The molecule has 1 rings (SSSR count). The van der Waals surface area contributed by atoms with E-state index in [-0.39, 0.29) is 6.10 Å². The van der Waals surface area contributed by atoms with Crippen molar-refractivity contribution in [2.24, 2.45) is 0 Å². The van der Waals surface area contributed by atoms with E-state index < -0.39 is 0 Å². The summed E-state index contributed by atoms with van der Waals surface area (Å²) in [5.74, 6) is 0.936. The maximum Gasteiger partial charge on any atom is 0.120 e. The molecule has 1 nitrogen and oxygen atoms in total. The van der Waals surface area contributed by atoms with Gasteiger partial charge in [0.05, 0.1) is 6.10 Å². The number of hydrogen-bond acceptors (Lipinski definition) is 1. The molecule has 1 aromatic carbocycles. The smallest absolute Gasteiger partial charge is 0.120 e. The van der Waals surface area contributed by atoms with Crippen molar-refractivity contribution < 1.29 is 4.74 Å². The highest BCUT2D eigenvalue weighted by molar-refractivity contribution is 9.10. The first kappa shape index (κ1) is 9.59. The van der Waals surface area contributed by atoms with Crippen LogP contribution >= 0.6 is 15.9 Å². The van der Waals surface area contributed by atoms with Crippen molar-refractivity contribution in [1.82, 2.24) is 0 Å². The lowest BCUT2D eigenvalue weighted by Crippen LogP contribution is -2.05. The third-order valence-electron chi connectivity index (χ3n) is 1.50. The van der Waals surface area contributed by atoms with Gasteiger partial charge in [-0.05, 0) is 44.5 Å². The highest BCUT2D eigenvalue weighted by atomic mass is 79.9. The molecule has 0 saturated heterocycles. The number of hydrogen-bond donors (Lipinski definition) is 0. The van der Waals surface area contributed by atoms with Crippen LogP contribution in [-0.4, -0.2) is 6.10 Å². The zero-order chi connectivity index (χ0) is 9.14. The fourth-order valence-corrected chi connectivity index (χ4v) is 1.21. The third kappa shape index (κ3) is 2.52. The average Bonchev–Trinajstić information content (AvgIpc) is 1.96. The lowest BCUT2D eigenvalue weighted by atomic mass is 10.2. The van der Waals surface area contributed by atoms with Crippen LogP contribution in [0.4, 0.5) is 0 Å². The van der Waals surface area contributed by atoms with Gasteiger partial charge >= 0.3 is 0 Å². The van der Waals surface area contributed by atoms with E-state index in [1.165, 1.54) is 5.56 Å². The molecular formula is C10H13BrO. The summed E-state index contributed by atoms with van der Waals surface area (Å²) in [4.78, 5) is 0. The van der Waals surface area contributed by atoms with E-state index in [2.05, 4.69) is 22.9 Å². The Morgan fingerprint density at radius 1 is 1.33 bits per heavy atom. The number of ether oxygens (including phenoxy) is 1. The summed E-state index contributed by atoms with van der Waals surface area (Å²) in [6.07, 6.45) is 0.241. The topological polar surface area (TPSA) is 9.23 Å². The molecule has 0 atom stereocenters. The predicted molar refractivity (Wildman–Crippen MR) is 54.6 cm³/mol. The van der Waals surface area contributed by atoms with E-state index >= 15 is 0 Å². The quantitative estimate of drug-likeness (QED) is 0.753. The Labute approximate surface area is 81.9 Å². The van der Waals surface area contributed by atoms with Crippen LogP contribution in [0.3, 0.4) is 0 Å². The van der Waals surface area contributed by atoms with Crippen molar-refractivity contribution in [3.63, 3.8) is 0 Å². The molecule has 0 amide bonds. The van der Waals surface area contributed by atoms with Crippen LogP contribution in [0.25, 0.3) is 0 Å². The summed E-state index contributed by atoms with van der Waals surface area (Å²) in [7, 11) is 0. The number of rotatable bonds is 2. The van der Waals surface area contributed by atoms with E-state index in [4.69, 9.17) is 4.74 Å². The third-order valence-corrected chi connectivity index (χ3v) is 2.39. The van der Waals surface area contributed by atoms with Crippen molar-refractivity contribution >= 4 is 15.9 Å². The highest BCUT2D eigenvalue weighted by Crippen LogP contribution is 2.22. The van der Waals surface area contributed by atoms with Gasteiger partial charge in [-0.2, -0.15) is 0 Å². The second-order valence-corrected chi connectivity index (χ2v) is 3.93. The van der Waals surface area contributed by atoms with Gasteiger partial charge in [-0.25, -0.2) is 0 Å². The molecule has 66 valence electrons. The minimum atomic E-state index is 0.241. The van der Waals surface area contributed by atoms with E-state index in [1.54, 1.807) is 0 Å². The highest BCUT2D eigenvalue weighted by Gasteiger charge is 1.99. The molecule has 0 aliphatic rings. The van der Waals surface area contributed by atoms with E-state index in [0.29, 0.717) is 0 Å². The second-order valence-electron chi connectivity index (χ2n) is 3.08. The normalized spacial score (nSPS) is 10.4. The van der Waals surface area contributed by atoms with Crippen molar-refractivity contribution in [2.45, 2.75) is 26.9 Å². The Bertz CT molecular complexity index is 269. The fourth-order valence-electron chi connectivity index (χ4n) is 0.963. The Kier molecular flexibility index (Phi) is 3.15. The van der Waals surface area contributed by atoms with Gasteiger partial charge in [0, 0.05) is 4.47 Å². The van der Waals surface area contributed by atoms with Gasteiger partial charge in [0.2, 0.25) is 0 Å². The van der Waals surface area contributed by atoms with Gasteiger partial charge in [0.15, 0.2) is 0 Å². The van der Waals surface area contributed by atoms with Crippen LogP contribution in [0.15, 0.2) is 22.7 Å². The maximum absolute atomic E-state index is 5.53. The van der Waals surface area contributed by atoms with Crippen LogP contribution in [-0.2, 0) is 0 Å². The standard InChI is InChI=1S/C10H13BrO/c1-7(2)12-9-4-5-10(11)8(3)6-9/h4-7H,1-3H3. The number of halogens is 1. The molecule has 0 N–H and O–H groups in total. The molecule has 0 unspecified atom stereocenters. The Morgan fingerprint density at radius 3 is 2.50 bits per heavy atom. The van der Waals surface area contributed by atoms with E-state index in [9.17, 15) is 0 Å². The van der Waals surface area contributed by atoms with E-state index in [1.807, 2.05) is 32.0 Å². The zero-order valence-electron chi connectivity index (χ0n) is 7.60. The molecule has 0 saturated carbocycles. The van der Waals surface area contributed by atoms with Crippen LogP contribution in [0.2, 0.25) is 0 Å². The van der Waals surface area contributed by atoms with Crippen molar-refractivity contribution in [3.05, 3.63) is 28.2 Å². The first-order valence-corrected chi connectivity index (χ1v) is 4.81. The van der Waals surface area contributed by atoms with Gasteiger partial charge in [-0.3, -0.25) is 0 Å². The maximum atomic E-state index is 5.53. The number of aryl methyl sites for hydroxylation is 1. The molecule has 0 heterocycles. The molecule has 12 heavy (non-hydrogen) atoms. The summed E-state index contributed by atoms with van der Waals surface area (Å²) in [5.41, 5.74) is 1.20. The van der Waals surface area contributed by atoms with Crippen LogP contribution in [0, 0.1) is 6.92 Å². The molecule has 0 aliphatic heterocycles. The molecule has 0 fully saturated rings. The summed E-state index contributed by atoms with van der Waals surface area (Å²) in [6, 6.07) is 6.01. The second kappa shape index (κ2) is 3.94. The molecule has 2 heteroatoms. The van der Waals surface area contributed by atoms with Gasteiger partial charge in [0.25, 0.3) is 0 Å². The molecule has 0 aliphatic carbocycles. The average molecular weight is 229 g/mol. The minimum absolute atomic E-state index is 0.241. The van der Waals surface area contributed by atoms with Crippen LogP contribution in [0.1, 0.15) is 19.4 Å².